The average Bonchev–Trinajstić information content (AvgIpc) is 2.61. The Morgan fingerprint density at radius 3 is 2.23 bits per heavy atom. The lowest BCUT2D eigenvalue weighted by molar-refractivity contribution is -0.143. The highest BCUT2D eigenvalue weighted by Gasteiger charge is 2.46. The molecule has 0 radical (unpaired) electrons. The van der Waals surface area contributed by atoms with Gasteiger partial charge in [-0.25, -0.2) is 13.2 Å². The van der Waals surface area contributed by atoms with E-state index in [-0.39, 0.29) is 0 Å². The van der Waals surface area contributed by atoms with Crippen molar-refractivity contribution in [2.75, 3.05) is 17.2 Å². The van der Waals surface area contributed by atoms with Crippen LogP contribution in [0.3, 0.4) is 0 Å². The van der Waals surface area contributed by atoms with Gasteiger partial charge in [-0.3, -0.25) is 0 Å². The summed E-state index contributed by atoms with van der Waals surface area (Å²) in [6, 6.07) is -2.19. The van der Waals surface area contributed by atoms with Gasteiger partial charge in [-0.05, 0) is 12.8 Å². The molecule has 2 atom stereocenters. The fraction of sp³-hybridized carbons (Fsp3) is 0.667. The summed E-state index contributed by atoms with van der Waals surface area (Å²) in [5.74, 6) is -8.01. The number of halogens is 9. The zero-order valence-corrected chi connectivity index (χ0v) is 15.2. The maximum absolute atomic E-state index is 14.2. The highest BCUT2D eigenvalue weighted by Crippen LogP contribution is 2.41. The molecule has 1 heterocycles. The molecule has 30 heavy (non-hydrogen) atoms. The molecular formula is C15H16F9N5O. The van der Waals surface area contributed by atoms with Crippen molar-refractivity contribution in [3.63, 3.8) is 0 Å². The standard InChI is InChI=1S/C15H16F9N5O/c1-2-7(15(22,23)24)26-12-28-10(27-11(29-12)25-5-14(19,20)21)6-3-4-13(17,18)9(30)8(6)16/h7,9,30H,2-5H2,1H3,(H2,25,26,27,28,29)/t7-,9-/m1/s1. The number of allylic oxidation sites excluding steroid dienone is 1. The van der Waals surface area contributed by atoms with Gasteiger partial charge in [-0.15, -0.1) is 0 Å². The zero-order chi connectivity index (χ0) is 22.9. The lowest BCUT2D eigenvalue weighted by Gasteiger charge is -2.28. The summed E-state index contributed by atoms with van der Waals surface area (Å²) >= 11 is 0. The fourth-order valence-corrected chi connectivity index (χ4v) is 2.52. The minimum atomic E-state index is -4.77. The van der Waals surface area contributed by atoms with Crippen LogP contribution in [0.25, 0.3) is 5.57 Å². The third kappa shape index (κ3) is 5.86. The SMILES string of the molecule is CC[C@@H](Nc1nc(NCC(F)(F)F)nc(C2=C(F)[C@@H](O)C(F)(F)CC2)n1)C(F)(F)F. The zero-order valence-electron chi connectivity index (χ0n) is 15.2. The average molecular weight is 453 g/mol. The van der Waals surface area contributed by atoms with Crippen molar-refractivity contribution in [3.8, 4) is 0 Å². The highest BCUT2D eigenvalue weighted by atomic mass is 19.4. The second-order valence-electron chi connectivity index (χ2n) is 6.41. The Hall–Kier alpha value is -2.32. The number of hydrogen-bond donors (Lipinski definition) is 3. The van der Waals surface area contributed by atoms with Gasteiger partial charge in [0.25, 0.3) is 5.92 Å². The summed E-state index contributed by atoms with van der Waals surface area (Å²) in [5.41, 5.74) is -0.672. The molecule has 0 fully saturated rings. The van der Waals surface area contributed by atoms with Crippen LogP contribution in [-0.4, -0.2) is 57.0 Å². The second kappa shape index (κ2) is 8.43. The van der Waals surface area contributed by atoms with E-state index in [1.165, 1.54) is 0 Å². The molecule has 0 spiro atoms. The van der Waals surface area contributed by atoms with Crippen molar-refractivity contribution in [3.05, 3.63) is 11.7 Å². The molecule has 2 rings (SSSR count). The van der Waals surface area contributed by atoms with Crippen LogP contribution in [0, 0.1) is 0 Å². The van der Waals surface area contributed by atoms with E-state index in [0.29, 0.717) is 0 Å². The Kier molecular flexibility index (Phi) is 6.73. The Morgan fingerprint density at radius 1 is 1.10 bits per heavy atom. The Balaban J connectivity index is 2.47. The number of anilines is 2. The molecule has 0 saturated heterocycles. The maximum atomic E-state index is 14.2. The van der Waals surface area contributed by atoms with E-state index in [1.807, 2.05) is 5.32 Å². The Labute approximate surface area is 163 Å². The number of hydrogen-bond acceptors (Lipinski definition) is 6. The van der Waals surface area contributed by atoms with Gasteiger partial charge < -0.3 is 15.7 Å². The van der Waals surface area contributed by atoms with Crippen LogP contribution in [0.1, 0.15) is 32.0 Å². The molecule has 0 bridgehead atoms. The summed E-state index contributed by atoms with van der Waals surface area (Å²) in [5, 5.41) is 13.0. The molecule has 3 N–H and O–H groups in total. The number of aliphatic hydroxyl groups excluding tert-OH is 1. The van der Waals surface area contributed by atoms with Crippen LogP contribution in [0.2, 0.25) is 0 Å². The molecule has 1 aliphatic carbocycles. The van der Waals surface area contributed by atoms with Gasteiger partial charge in [-0.1, -0.05) is 6.92 Å². The molecule has 0 unspecified atom stereocenters. The summed E-state index contributed by atoms with van der Waals surface area (Å²) in [6.45, 7) is -0.507. The van der Waals surface area contributed by atoms with Gasteiger partial charge in [0.2, 0.25) is 11.9 Å². The van der Waals surface area contributed by atoms with E-state index in [2.05, 4.69) is 15.0 Å². The first-order chi connectivity index (χ1) is 13.6. The van der Waals surface area contributed by atoms with E-state index in [9.17, 15) is 44.6 Å². The van der Waals surface area contributed by atoms with Gasteiger partial charge in [0.1, 0.15) is 18.4 Å². The monoisotopic (exact) mass is 453 g/mol. The van der Waals surface area contributed by atoms with Gasteiger partial charge >= 0.3 is 12.4 Å². The molecule has 0 aromatic carbocycles. The number of nitrogens with one attached hydrogen (secondary N) is 2. The van der Waals surface area contributed by atoms with Gasteiger partial charge in [0, 0.05) is 12.0 Å². The Bertz CT molecular complexity index is 794. The minimum absolute atomic E-state index is 0.502. The van der Waals surface area contributed by atoms with E-state index >= 15 is 0 Å². The lowest BCUT2D eigenvalue weighted by Crippen LogP contribution is -2.38. The van der Waals surface area contributed by atoms with Gasteiger partial charge in [0.05, 0.1) is 0 Å². The van der Waals surface area contributed by atoms with Crippen LogP contribution in [-0.2, 0) is 0 Å². The molecule has 6 nitrogen and oxygen atoms in total. The first kappa shape index (κ1) is 24.0. The highest BCUT2D eigenvalue weighted by molar-refractivity contribution is 5.66. The number of nitrogens with zero attached hydrogens (tertiary/aromatic N) is 3. The number of aromatic nitrogens is 3. The molecule has 1 aromatic heterocycles. The van der Waals surface area contributed by atoms with E-state index in [1.54, 1.807) is 5.32 Å². The summed E-state index contributed by atoms with van der Waals surface area (Å²) in [7, 11) is 0. The number of aliphatic hydroxyl groups is 1. The van der Waals surface area contributed by atoms with Crippen molar-refractivity contribution in [2.45, 2.75) is 56.6 Å². The summed E-state index contributed by atoms with van der Waals surface area (Å²) < 4.78 is 117. The third-order valence-corrected chi connectivity index (χ3v) is 4.10. The molecule has 0 amide bonds. The van der Waals surface area contributed by atoms with Crippen molar-refractivity contribution >= 4 is 17.5 Å². The van der Waals surface area contributed by atoms with E-state index in [4.69, 9.17) is 0 Å². The number of rotatable bonds is 6. The smallest absolute Gasteiger partial charge is 0.380 e. The predicted octanol–water partition coefficient (Wildman–Crippen LogP) is 4.07. The molecule has 0 aliphatic heterocycles. The van der Waals surface area contributed by atoms with Crippen LogP contribution in [0.4, 0.5) is 51.4 Å². The molecule has 15 heteroatoms. The first-order valence-corrected chi connectivity index (χ1v) is 8.48. The Morgan fingerprint density at radius 2 is 1.70 bits per heavy atom. The largest absolute Gasteiger partial charge is 0.408 e. The van der Waals surface area contributed by atoms with E-state index in [0.717, 1.165) is 6.92 Å². The number of alkyl halides is 8. The van der Waals surface area contributed by atoms with Crippen LogP contribution >= 0.6 is 0 Å². The lowest BCUT2D eigenvalue weighted by atomic mass is 9.92. The molecule has 170 valence electrons. The first-order valence-electron chi connectivity index (χ1n) is 8.48. The predicted molar refractivity (Wildman–Crippen MR) is 86.3 cm³/mol. The van der Waals surface area contributed by atoms with Crippen LogP contribution in [0.5, 0.6) is 0 Å². The quantitative estimate of drug-likeness (QED) is 0.564. The van der Waals surface area contributed by atoms with Crippen molar-refractivity contribution < 1.29 is 44.6 Å². The molecule has 1 aliphatic rings. The molecule has 0 saturated carbocycles. The van der Waals surface area contributed by atoms with Gasteiger partial charge in [-0.2, -0.15) is 41.3 Å². The van der Waals surface area contributed by atoms with Crippen LogP contribution < -0.4 is 10.6 Å². The minimum Gasteiger partial charge on any atom is -0.380 e. The summed E-state index contributed by atoms with van der Waals surface area (Å²) in [6.07, 6.45) is -14.6. The van der Waals surface area contributed by atoms with Gasteiger partial charge in [0.15, 0.2) is 11.9 Å². The second-order valence-corrected chi connectivity index (χ2v) is 6.41. The fourth-order valence-electron chi connectivity index (χ4n) is 2.52. The van der Waals surface area contributed by atoms with E-state index < -0.39 is 85.3 Å². The topological polar surface area (TPSA) is 83.0 Å². The molecule has 1 aromatic rings. The molecular weight excluding hydrogens is 437 g/mol. The maximum Gasteiger partial charge on any atom is 0.408 e. The summed E-state index contributed by atoms with van der Waals surface area (Å²) in [4.78, 5) is 10.4. The third-order valence-electron chi connectivity index (χ3n) is 4.10. The van der Waals surface area contributed by atoms with Crippen LogP contribution in [0.15, 0.2) is 5.83 Å². The van der Waals surface area contributed by atoms with Crippen molar-refractivity contribution in [2.24, 2.45) is 0 Å². The van der Waals surface area contributed by atoms with Crippen molar-refractivity contribution in [1.29, 1.82) is 0 Å². The van der Waals surface area contributed by atoms with Crippen molar-refractivity contribution in [1.82, 2.24) is 15.0 Å². The normalized spacial score (nSPS) is 20.8.